The summed E-state index contributed by atoms with van der Waals surface area (Å²) in [6, 6.07) is 21.3. The van der Waals surface area contributed by atoms with E-state index in [9.17, 15) is 10.1 Å². The zero-order chi connectivity index (χ0) is 18.5. The van der Waals surface area contributed by atoms with Crippen LogP contribution in [0.2, 0.25) is 0 Å². The summed E-state index contributed by atoms with van der Waals surface area (Å²) >= 11 is 1.48. The molecule has 0 unspecified atom stereocenters. The molecule has 1 aliphatic rings. The quantitative estimate of drug-likeness (QED) is 0.848. The van der Waals surface area contributed by atoms with E-state index in [4.69, 9.17) is 0 Å². The van der Waals surface area contributed by atoms with Crippen molar-refractivity contribution in [1.82, 2.24) is 5.32 Å². The Balaban J connectivity index is 2.06. The second-order valence-corrected chi connectivity index (χ2v) is 6.70. The molecule has 1 atom stereocenters. The number of para-hydroxylation sites is 1. The molecule has 0 spiro atoms. The van der Waals surface area contributed by atoms with Crippen LogP contribution in [0.25, 0.3) is 0 Å². The third-order valence-electron chi connectivity index (χ3n) is 4.26. The molecular weight excluding hydrogens is 342 g/mol. The number of carbonyl (C=O) groups is 1. The van der Waals surface area contributed by atoms with Crippen LogP contribution >= 0.6 is 11.8 Å². The molecule has 2 N–H and O–H groups in total. The van der Waals surface area contributed by atoms with Gasteiger partial charge in [-0.2, -0.15) is 5.26 Å². The fourth-order valence-corrected chi connectivity index (χ4v) is 3.71. The smallest absolute Gasteiger partial charge is 0.254 e. The standard InChI is InChI=1S/C21H19N3OS/c1-14-18(20(25)24-16-11-7-4-8-12-16)19(15-9-5-3-6-10-15)17(13-22)21(23-14)26-2/h3-12,19,23H,1-2H3,(H,24,25)/t19-/m0/s1. The SMILES string of the molecule is CSC1=C(C#N)[C@H](c2ccccc2)C(C(=O)Nc2ccccc2)=C(C)N1. The van der Waals surface area contributed by atoms with Gasteiger partial charge in [0.05, 0.1) is 22.6 Å². The van der Waals surface area contributed by atoms with Crippen LogP contribution < -0.4 is 10.6 Å². The van der Waals surface area contributed by atoms with Crippen molar-refractivity contribution < 1.29 is 4.79 Å². The molecule has 0 saturated carbocycles. The number of nitrogens with one attached hydrogen (secondary N) is 2. The Morgan fingerprint density at radius 3 is 2.31 bits per heavy atom. The van der Waals surface area contributed by atoms with Crippen LogP contribution in [0.5, 0.6) is 0 Å². The van der Waals surface area contributed by atoms with Gasteiger partial charge in [0.15, 0.2) is 0 Å². The van der Waals surface area contributed by atoms with Crippen LogP contribution in [0.4, 0.5) is 5.69 Å². The zero-order valence-electron chi connectivity index (χ0n) is 14.6. The van der Waals surface area contributed by atoms with E-state index in [1.54, 1.807) is 0 Å². The van der Waals surface area contributed by atoms with Gasteiger partial charge in [-0.3, -0.25) is 4.79 Å². The van der Waals surface area contributed by atoms with E-state index in [0.717, 1.165) is 22.0 Å². The maximum absolute atomic E-state index is 13.1. The highest BCUT2D eigenvalue weighted by Gasteiger charge is 2.34. The number of dihydropyridines is 1. The van der Waals surface area contributed by atoms with E-state index >= 15 is 0 Å². The largest absolute Gasteiger partial charge is 0.353 e. The van der Waals surface area contributed by atoms with Gasteiger partial charge in [-0.1, -0.05) is 48.5 Å². The fraction of sp³-hybridized carbons (Fsp3) is 0.143. The van der Waals surface area contributed by atoms with Gasteiger partial charge in [0.1, 0.15) is 0 Å². The number of thioether (sulfide) groups is 1. The number of rotatable bonds is 4. The summed E-state index contributed by atoms with van der Waals surface area (Å²) in [5.74, 6) is -0.600. The van der Waals surface area contributed by atoms with Crippen molar-refractivity contribution in [3.05, 3.63) is 88.1 Å². The number of hydrogen-bond donors (Lipinski definition) is 2. The molecular formula is C21H19N3OS. The minimum atomic E-state index is -0.395. The number of amides is 1. The lowest BCUT2D eigenvalue weighted by atomic mass is 9.82. The number of allylic oxidation sites excluding steroid dienone is 2. The molecule has 1 amide bonds. The molecule has 5 heteroatoms. The monoisotopic (exact) mass is 361 g/mol. The molecule has 0 aliphatic carbocycles. The maximum atomic E-state index is 13.1. The minimum Gasteiger partial charge on any atom is -0.353 e. The average molecular weight is 361 g/mol. The first-order chi connectivity index (χ1) is 12.7. The molecule has 130 valence electrons. The lowest BCUT2D eigenvalue weighted by Gasteiger charge is -2.29. The Morgan fingerprint density at radius 2 is 1.73 bits per heavy atom. The summed E-state index contributed by atoms with van der Waals surface area (Å²) in [6.07, 6.45) is 1.92. The number of nitrogens with zero attached hydrogens (tertiary/aromatic N) is 1. The van der Waals surface area contributed by atoms with E-state index in [1.165, 1.54) is 11.8 Å². The molecule has 2 aromatic carbocycles. The molecule has 26 heavy (non-hydrogen) atoms. The van der Waals surface area contributed by atoms with Gasteiger partial charge in [-0.25, -0.2) is 0 Å². The van der Waals surface area contributed by atoms with E-state index in [1.807, 2.05) is 73.8 Å². The van der Waals surface area contributed by atoms with Gasteiger partial charge in [0.2, 0.25) is 0 Å². The number of hydrogen-bond acceptors (Lipinski definition) is 4. The summed E-state index contributed by atoms with van der Waals surface area (Å²) in [5.41, 5.74) is 3.54. The van der Waals surface area contributed by atoms with Gasteiger partial charge in [-0.05, 0) is 30.9 Å². The predicted molar refractivity (Wildman–Crippen MR) is 106 cm³/mol. The third kappa shape index (κ3) is 3.51. The van der Waals surface area contributed by atoms with Crippen LogP contribution in [0.1, 0.15) is 18.4 Å². The van der Waals surface area contributed by atoms with Crippen molar-refractivity contribution in [3.8, 4) is 6.07 Å². The number of anilines is 1. The van der Waals surface area contributed by atoms with Crippen LogP contribution in [-0.4, -0.2) is 12.2 Å². The average Bonchev–Trinajstić information content (AvgIpc) is 2.68. The zero-order valence-corrected chi connectivity index (χ0v) is 15.4. The normalized spacial score (nSPS) is 16.7. The highest BCUT2D eigenvalue weighted by Crippen LogP contribution is 2.40. The first-order valence-corrected chi connectivity index (χ1v) is 9.45. The Morgan fingerprint density at radius 1 is 1.12 bits per heavy atom. The van der Waals surface area contributed by atoms with Crippen molar-refractivity contribution in [1.29, 1.82) is 5.26 Å². The van der Waals surface area contributed by atoms with E-state index in [2.05, 4.69) is 16.7 Å². The van der Waals surface area contributed by atoms with Crippen LogP contribution in [0.3, 0.4) is 0 Å². The lowest BCUT2D eigenvalue weighted by Crippen LogP contribution is -2.30. The maximum Gasteiger partial charge on any atom is 0.254 e. The van der Waals surface area contributed by atoms with Crippen molar-refractivity contribution in [2.45, 2.75) is 12.8 Å². The number of benzene rings is 2. The minimum absolute atomic E-state index is 0.206. The number of nitriles is 1. The second-order valence-electron chi connectivity index (χ2n) is 5.89. The molecule has 0 radical (unpaired) electrons. The second kappa shape index (κ2) is 7.94. The van der Waals surface area contributed by atoms with Crippen LogP contribution in [0.15, 0.2) is 82.5 Å². The lowest BCUT2D eigenvalue weighted by molar-refractivity contribution is -0.113. The first kappa shape index (κ1) is 17.8. The number of carbonyl (C=O) groups excluding carboxylic acids is 1. The molecule has 1 heterocycles. The molecule has 4 nitrogen and oxygen atoms in total. The van der Waals surface area contributed by atoms with Crippen molar-refractivity contribution in [2.75, 3.05) is 11.6 Å². The summed E-state index contributed by atoms with van der Waals surface area (Å²) in [4.78, 5) is 13.1. The predicted octanol–water partition coefficient (Wildman–Crippen LogP) is 4.38. The fourth-order valence-electron chi connectivity index (χ4n) is 3.07. The van der Waals surface area contributed by atoms with Crippen LogP contribution in [-0.2, 0) is 4.79 Å². The molecule has 0 saturated heterocycles. The third-order valence-corrected chi connectivity index (χ3v) is 4.99. The van der Waals surface area contributed by atoms with Gasteiger partial charge in [0.25, 0.3) is 5.91 Å². The Labute approximate surface area is 157 Å². The summed E-state index contributed by atoms with van der Waals surface area (Å²) in [5, 5.41) is 16.7. The Bertz CT molecular complexity index is 911. The summed E-state index contributed by atoms with van der Waals surface area (Å²) in [6.45, 7) is 1.88. The van der Waals surface area contributed by atoms with Gasteiger partial charge >= 0.3 is 0 Å². The van der Waals surface area contributed by atoms with Gasteiger partial charge < -0.3 is 10.6 Å². The van der Waals surface area contributed by atoms with Crippen molar-refractivity contribution in [3.63, 3.8) is 0 Å². The molecule has 1 aliphatic heterocycles. The molecule has 0 aromatic heterocycles. The van der Waals surface area contributed by atoms with E-state index in [-0.39, 0.29) is 5.91 Å². The Hall–Kier alpha value is -2.97. The molecule has 0 fully saturated rings. The summed E-state index contributed by atoms with van der Waals surface area (Å²) in [7, 11) is 0. The van der Waals surface area contributed by atoms with Gasteiger partial charge in [-0.15, -0.1) is 11.8 Å². The van der Waals surface area contributed by atoms with Crippen molar-refractivity contribution >= 4 is 23.4 Å². The Kier molecular flexibility index (Phi) is 5.45. The molecule has 3 rings (SSSR count). The molecule has 0 bridgehead atoms. The van der Waals surface area contributed by atoms with E-state index in [0.29, 0.717) is 11.1 Å². The highest BCUT2D eigenvalue weighted by molar-refractivity contribution is 8.02. The first-order valence-electron chi connectivity index (χ1n) is 8.23. The highest BCUT2D eigenvalue weighted by atomic mass is 32.2. The summed E-state index contributed by atoms with van der Waals surface area (Å²) < 4.78 is 0. The van der Waals surface area contributed by atoms with Crippen LogP contribution in [0, 0.1) is 11.3 Å². The van der Waals surface area contributed by atoms with E-state index < -0.39 is 5.92 Å². The topological polar surface area (TPSA) is 64.9 Å². The molecule has 2 aromatic rings. The van der Waals surface area contributed by atoms with Crippen molar-refractivity contribution in [2.24, 2.45) is 0 Å². The van der Waals surface area contributed by atoms with Gasteiger partial charge in [0, 0.05) is 17.0 Å².